The molecule has 1 aromatic heterocycles. The van der Waals surface area contributed by atoms with E-state index in [4.69, 9.17) is 0 Å². The van der Waals surface area contributed by atoms with Gasteiger partial charge in [-0.1, -0.05) is 19.9 Å². The lowest BCUT2D eigenvalue weighted by molar-refractivity contribution is -0.146. The molecular weight excluding hydrogens is 226 g/mol. The Hall–Kier alpha value is -1.38. The van der Waals surface area contributed by atoms with E-state index in [0.717, 1.165) is 31.2 Å². The zero-order valence-electron chi connectivity index (χ0n) is 11.1. The van der Waals surface area contributed by atoms with E-state index in [0.29, 0.717) is 0 Å². The second-order valence-electron chi connectivity index (χ2n) is 6.18. The zero-order chi connectivity index (χ0) is 13.2. The van der Waals surface area contributed by atoms with Crippen LogP contribution in [0.1, 0.15) is 38.7 Å². The summed E-state index contributed by atoms with van der Waals surface area (Å²) in [6.07, 6.45) is 7.22. The smallest absolute Gasteiger partial charge is 0.306 e. The average molecular weight is 247 g/mol. The van der Waals surface area contributed by atoms with Crippen molar-refractivity contribution in [2.45, 2.75) is 39.5 Å². The van der Waals surface area contributed by atoms with Crippen LogP contribution < -0.4 is 0 Å². The Kier molecular flexibility index (Phi) is 3.69. The van der Waals surface area contributed by atoms with Crippen molar-refractivity contribution in [2.75, 3.05) is 0 Å². The van der Waals surface area contributed by atoms with Crippen LogP contribution in [0.2, 0.25) is 0 Å². The van der Waals surface area contributed by atoms with E-state index in [1.165, 1.54) is 0 Å². The van der Waals surface area contributed by atoms with Crippen LogP contribution in [0.4, 0.5) is 0 Å². The Morgan fingerprint density at radius 1 is 1.56 bits per heavy atom. The molecule has 0 radical (unpaired) electrons. The fraction of sp³-hybridized carbons (Fsp3) is 0.600. The summed E-state index contributed by atoms with van der Waals surface area (Å²) in [5.41, 5.74) is 1.41. The first-order valence-electron chi connectivity index (χ1n) is 6.60. The first kappa shape index (κ1) is 13.1. The Morgan fingerprint density at radius 3 is 2.94 bits per heavy atom. The Morgan fingerprint density at radius 2 is 2.33 bits per heavy atom. The van der Waals surface area contributed by atoms with Crippen LogP contribution >= 0.6 is 0 Å². The molecule has 1 saturated carbocycles. The first-order valence-corrected chi connectivity index (χ1v) is 6.60. The van der Waals surface area contributed by atoms with E-state index in [1.54, 1.807) is 6.20 Å². The van der Waals surface area contributed by atoms with Gasteiger partial charge >= 0.3 is 5.97 Å². The normalized spacial score (nSPS) is 26.8. The third-order valence-corrected chi connectivity index (χ3v) is 4.05. The summed E-state index contributed by atoms with van der Waals surface area (Å²) in [6, 6.07) is 3.95. The van der Waals surface area contributed by atoms with Crippen molar-refractivity contribution in [3.05, 3.63) is 30.1 Å². The average Bonchev–Trinajstić information content (AvgIpc) is 2.28. The van der Waals surface area contributed by atoms with Crippen LogP contribution in [-0.2, 0) is 11.2 Å². The number of aliphatic carboxylic acids is 1. The molecule has 3 heteroatoms. The lowest BCUT2D eigenvalue weighted by atomic mass is 9.65. The van der Waals surface area contributed by atoms with Gasteiger partial charge in [0.15, 0.2) is 0 Å². The van der Waals surface area contributed by atoms with E-state index in [9.17, 15) is 9.90 Å². The van der Waals surface area contributed by atoms with E-state index >= 15 is 0 Å². The predicted octanol–water partition coefficient (Wildman–Crippen LogP) is 3.15. The SMILES string of the molecule is CC1(C)CCC(C(=O)O)C(Cc2cccnc2)C1. The molecule has 0 spiro atoms. The summed E-state index contributed by atoms with van der Waals surface area (Å²) in [4.78, 5) is 15.5. The van der Waals surface area contributed by atoms with Gasteiger partial charge in [-0.3, -0.25) is 9.78 Å². The number of pyridine rings is 1. The molecule has 2 rings (SSSR count). The van der Waals surface area contributed by atoms with Crippen LogP contribution in [0.3, 0.4) is 0 Å². The van der Waals surface area contributed by atoms with Crippen LogP contribution in [0.25, 0.3) is 0 Å². The van der Waals surface area contributed by atoms with Crippen LogP contribution in [0.15, 0.2) is 24.5 Å². The predicted molar refractivity (Wildman–Crippen MR) is 70.2 cm³/mol. The number of carboxylic acids is 1. The van der Waals surface area contributed by atoms with E-state index in [1.807, 2.05) is 18.3 Å². The quantitative estimate of drug-likeness (QED) is 0.892. The minimum absolute atomic E-state index is 0.196. The fourth-order valence-electron chi connectivity index (χ4n) is 3.10. The van der Waals surface area contributed by atoms with Gasteiger partial charge < -0.3 is 5.11 Å². The highest BCUT2D eigenvalue weighted by Crippen LogP contribution is 2.43. The van der Waals surface area contributed by atoms with Crippen molar-refractivity contribution in [3.63, 3.8) is 0 Å². The largest absolute Gasteiger partial charge is 0.481 e. The summed E-state index contributed by atoms with van der Waals surface area (Å²) in [7, 11) is 0. The molecule has 0 bridgehead atoms. The van der Waals surface area contributed by atoms with Crippen LogP contribution in [-0.4, -0.2) is 16.1 Å². The van der Waals surface area contributed by atoms with Crippen molar-refractivity contribution in [1.82, 2.24) is 4.98 Å². The van der Waals surface area contributed by atoms with Crippen molar-refractivity contribution in [3.8, 4) is 0 Å². The molecule has 1 aliphatic rings. The summed E-state index contributed by atoms with van der Waals surface area (Å²) >= 11 is 0. The minimum Gasteiger partial charge on any atom is -0.481 e. The highest BCUT2D eigenvalue weighted by molar-refractivity contribution is 5.70. The van der Waals surface area contributed by atoms with Crippen LogP contribution in [0, 0.1) is 17.3 Å². The summed E-state index contributed by atoms with van der Waals surface area (Å²) in [5, 5.41) is 9.34. The van der Waals surface area contributed by atoms with Gasteiger partial charge in [0.2, 0.25) is 0 Å². The second-order valence-corrected chi connectivity index (χ2v) is 6.18. The molecule has 1 aromatic rings. The van der Waals surface area contributed by atoms with Crippen molar-refractivity contribution < 1.29 is 9.90 Å². The molecule has 1 N–H and O–H groups in total. The van der Waals surface area contributed by atoms with Crippen LogP contribution in [0.5, 0.6) is 0 Å². The standard InChI is InChI=1S/C15H21NO2/c1-15(2)6-5-13(14(17)18)12(9-15)8-11-4-3-7-16-10-11/h3-4,7,10,12-13H,5-6,8-9H2,1-2H3,(H,17,18). The number of carboxylic acid groups (broad SMARTS) is 1. The molecule has 0 saturated heterocycles. The first-order chi connectivity index (χ1) is 8.48. The van der Waals surface area contributed by atoms with Gasteiger partial charge in [-0.2, -0.15) is 0 Å². The van der Waals surface area contributed by atoms with Gasteiger partial charge in [-0.25, -0.2) is 0 Å². The lowest BCUT2D eigenvalue weighted by Crippen LogP contribution is -2.35. The molecule has 1 fully saturated rings. The highest BCUT2D eigenvalue weighted by Gasteiger charge is 2.38. The van der Waals surface area contributed by atoms with Gasteiger partial charge in [0, 0.05) is 12.4 Å². The number of aromatic nitrogens is 1. The summed E-state index contributed by atoms with van der Waals surface area (Å²) < 4.78 is 0. The Labute approximate surface area is 108 Å². The number of rotatable bonds is 3. The topological polar surface area (TPSA) is 50.2 Å². The van der Waals surface area contributed by atoms with E-state index < -0.39 is 5.97 Å². The third-order valence-electron chi connectivity index (χ3n) is 4.05. The molecule has 2 unspecified atom stereocenters. The molecule has 2 atom stereocenters. The Balaban J connectivity index is 2.13. The van der Waals surface area contributed by atoms with Gasteiger partial charge in [0.1, 0.15) is 0 Å². The lowest BCUT2D eigenvalue weighted by Gasteiger charge is -2.39. The van der Waals surface area contributed by atoms with Crippen molar-refractivity contribution >= 4 is 5.97 Å². The maximum absolute atomic E-state index is 11.4. The molecule has 0 amide bonds. The fourth-order valence-corrected chi connectivity index (χ4v) is 3.10. The Bertz CT molecular complexity index is 414. The summed E-state index contributed by atoms with van der Waals surface area (Å²) in [5.74, 6) is -0.604. The van der Waals surface area contributed by atoms with Gasteiger partial charge in [-0.15, -0.1) is 0 Å². The van der Waals surface area contributed by atoms with Crippen molar-refractivity contribution in [2.24, 2.45) is 17.3 Å². The van der Waals surface area contributed by atoms with Gasteiger partial charge in [-0.05, 0) is 48.6 Å². The third kappa shape index (κ3) is 3.09. The van der Waals surface area contributed by atoms with E-state index in [2.05, 4.69) is 18.8 Å². The number of carbonyl (C=O) groups is 1. The van der Waals surface area contributed by atoms with Gasteiger partial charge in [0.05, 0.1) is 5.92 Å². The molecule has 1 aliphatic carbocycles. The van der Waals surface area contributed by atoms with Crippen molar-refractivity contribution in [1.29, 1.82) is 0 Å². The number of nitrogens with zero attached hydrogens (tertiary/aromatic N) is 1. The minimum atomic E-state index is -0.639. The molecule has 0 aliphatic heterocycles. The highest BCUT2D eigenvalue weighted by atomic mass is 16.4. The molecular formula is C15H21NO2. The molecule has 3 nitrogen and oxygen atoms in total. The second kappa shape index (κ2) is 5.09. The maximum Gasteiger partial charge on any atom is 0.306 e. The van der Waals surface area contributed by atoms with E-state index in [-0.39, 0.29) is 17.3 Å². The molecule has 18 heavy (non-hydrogen) atoms. The molecule has 0 aromatic carbocycles. The number of hydrogen-bond donors (Lipinski definition) is 1. The zero-order valence-corrected chi connectivity index (χ0v) is 11.1. The number of hydrogen-bond acceptors (Lipinski definition) is 2. The summed E-state index contributed by atoms with van der Waals surface area (Å²) in [6.45, 7) is 4.47. The molecule has 1 heterocycles. The maximum atomic E-state index is 11.4. The van der Waals surface area contributed by atoms with Gasteiger partial charge in [0.25, 0.3) is 0 Å². The molecule has 98 valence electrons. The monoisotopic (exact) mass is 247 g/mol.